The van der Waals surface area contributed by atoms with Crippen molar-refractivity contribution >= 4 is 17.7 Å². The third kappa shape index (κ3) is 6.82. The van der Waals surface area contributed by atoms with Crippen LogP contribution in [0.4, 0.5) is 14.9 Å². The van der Waals surface area contributed by atoms with Gasteiger partial charge in [0, 0.05) is 42.3 Å². The SMILES string of the molecule is Cc1ccc(-n2c(=O)c(C(=O)Nc3ccc(Oc4ncnc5c4CCN(C(=O)OC(C)(C)C)C5)c(F)c3)cn(C3CCCC3)c2=O)nc1. The number of fused-ring (bicyclic) bond motifs is 1. The molecule has 0 radical (unpaired) electrons. The average molecular weight is 658 g/mol. The number of nitrogens with zero attached hydrogens (tertiary/aromatic N) is 6. The largest absolute Gasteiger partial charge is 0.444 e. The molecule has 0 atom stereocenters. The number of rotatable bonds is 6. The van der Waals surface area contributed by atoms with Gasteiger partial charge < -0.3 is 19.7 Å². The van der Waals surface area contributed by atoms with E-state index in [4.69, 9.17) is 9.47 Å². The molecule has 0 spiro atoms. The Bertz CT molecular complexity index is 2000. The number of anilines is 1. The summed E-state index contributed by atoms with van der Waals surface area (Å²) in [5.74, 6) is -1.48. The van der Waals surface area contributed by atoms with Crippen molar-refractivity contribution in [3.63, 3.8) is 0 Å². The summed E-state index contributed by atoms with van der Waals surface area (Å²) < 4.78 is 29.0. The molecular weight excluding hydrogens is 621 g/mol. The van der Waals surface area contributed by atoms with Crippen LogP contribution >= 0.6 is 0 Å². The Hall–Kier alpha value is -5.40. The van der Waals surface area contributed by atoms with Crippen LogP contribution in [0.2, 0.25) is 0 Å². The lowest BCUT2D eigenvalue weighted by Crippen LogP contribution is -2.43. The van der Waals surface area contributed by atoms with E-state index in [0.717, 1.165) is 41.9 Å². The Kier molecular flexibility index (Phi) is 8.82. The predicted molar refractivity (Wildman–Crippen MR) is 173 cm³/mol. The molecule has 1 aromatic carbocycles. The molecule has 1 fully saturated rings. The molecule has 1 aliphatic carbocycles. The molecule has 0 saturated heterocycles. The van der Waals surface area contributed by atoms with E-state index in [1.165, 1.54) is 40.3 Å². The number of nitrogens with one attached hydrogen (secondary N) is 1. The minimum atomic E-state index is -0.831. The number of ether oxygens (including phenoxy) is 2. The van der Waals surface area contributed by atoms with E-state index in [0.29, 0.717) is 24.2 Å². The van der Waals surface area contributed by atoms with Gasteiger partial charge in [0.1, 0.15) is 23.3 Å². The van der Waals surface area contributed by atoms with Crippen molar-refractivity contribution in [1.29, 1.82) is 0 Å². The predicted octanol–water partition coefficient (Wildman–Crippen LogP) is 5.08. The van der Waals surface area contributed by atoms with E-state index in [1.54, 1.807) is 32.9 Å². The van der Waals surface area contributed by atoms with Crippen LogP contribution in [-0.4, -0.2) is 53.1 Å². The van der Waals surface area contributed by atoms with Crippen molar-refractivity contribution in [3.8, 4) is 17.4 Å². The van der Waals surface area contributed by atoms with Crippen molar-refractivity contribution in [2.24, 2.45) is 0 Å². The number of hydrogen-bond donors (Lipinski definition) is 1. The quantitative estimate of drug-likeness (QED) is 0.299. The van der Waals surface area contributed by atoms with E-state index in [1.807, 2.05) is 6.92 Å². The zero-order valence-corrected chi connectivity index (χ0v) is 27.2. The van der Waals surface area contributed by atoms with Crippen molar-refractivity contribution in [2.45, 2.75) is 78.0 Å². The zero-order valence-electron chi connectivity index (χ0n) is 27.2. The first kappa shape index (κ1) is 32.5. The summed E-state index contributed by atoms with van der Waals surface area (Å²) in [7, 11) is 0. The van der Waals surface area contributed by atoms with Gasteiger partial charge in [0.25, 0.3) is 11.5 Å². The summed E-state index contributed by atoms with van der Waals surface area (Å²) in [4.78, 5) is 67.3. The van der Waals surface area contributed by atoms with Crippen LogP contribution in [0.1, 0.15) is 79.7 Å². The second kappa shape index (κ2) is 13.0. The highest BCUT2D eigenvalue weighted by Crippen LogP contribution is 2.32. The zero-order chi connectivity index (χ0) is 34.2. The van der Waals surface area contributed by atoms with Gasteiger partial charge in [-0.2, -0.15) is 0 Å². The summed E-state index contributed by atoms with van der Waals surface area (Å²) in [5.41, 5.74) is -0.206. The Labute approximate surface area is 275 Å². The molecule has 3 aromatic heterocycles. The van der Waals surface area contributed by atoms with Gasteiger partial charge in [0.2, 0.25) is 5.88 Å². The van der Waals surface area contributed by atoms with Gasteiger partial charge >= 0.3 is 11.8 Å². The van der Waals surface area contributed by atoms with Crippen molar-refractivity contribution in [2.75, 3.05) is 11.9 Å². The third-order valence-corrected chi connectivity index (χ3v) is 8.22. The number of carbonyl (C=O) groups is 2. The molecule has 1 N–H and O–H groups in total. The molecule has 13 nitrogen and oxygen atoms in total. The number of carbonyl (C=O) groups excluding carboxylic acids is 2. The van der Waals surface area contributed by atoms with Gasteiger partial charge in [-0.25, -0.2) is 33.5 Å². The second-order valence-electron chi connectivity index (χ2n) is 13.0. The molecular formula is C34H36FN7O6. The van der Waals surface area contributed by atoms with Crippen LogP contribution in [0.25, 0.3) is 5.82 Å². The normalized spacial score (nSPS) is 14.8. The maximum atomic E-state index is 15.4. The monoisotopic (exact) mass is 657 g/mol. The van der Waals surface area contributed by atoms with Gasteiger partial charge in [-0.3, -0.25) is 14.2 Å². The second-order valence-corrected chi connectivity index (χ2v) is 13.0. The lowest BCUT2D eigenvalue weighted by atomic mass is 10.1. The Morgan fingerprint density at radius 1 is 1.04 bits per heavy atom. The van der Waals surface area contributed by atoms with Gasteiger partial charge in [0.05, 0.1) is 12.2 Å². The number of hydrogen-bond acceptors (Lipinski definition) is 9. The summed E-state index contributed by atoms with van der Waals surface area (Å²) in [6.45, 7) is 7.73. The first-order chi connectivity index (χ1) is 22.9. The first-order valence-electron chi connectivity index (χ1n) is 15.8. The van der Waals surface area contributed by atoms with E-state index < -0.39 is 34.7 Å². The fraction of sp³-hybridized carbons (Fsp3) is 0.382. The van der Waals surface area contributed by atoms with Gasteiger partial charge in [-0.1, -0.05) is 18.9 Å². The number of aromatic nitrogens is 5. The molecule has 0 unspecified atom stereocenters. The van der Waals surface area contributed by atoms with Crippen LogP contribution in [0.3, 0.4) is 0 Å². The van der Waals surface area contributed by atoms with E-state index in [-0.39, 0.29) is 41.3 Å². The molecule has 0 bridgehead atoms. The van der Waals surface area contributed by atoms with Crippen LogP contribution in [0, 0.1) is 12.7 Å². The first-order valence-corrected chi connectivity index (χ1v) is 15.8. The van der Waals surface area contributed by atoms with Crippen molar-refractivity contribution in [1.82, 2.24) is 29.0 Å². The minimum absolute atomic E-state index is 0.0700. The molecule has 250 valence electrons. The molecule has 48 heavy (non-hydrogen) atoms. The van der Waals surface area contributed by atoms with Gasteiger partial charge in [-0.05, 0) is 70.7 Å². The van der Waals surface area contributed by atoms with Crippen molar-refractivity contribution in [3.05, 3.63) is 98.1 Å². The van der Waals surface area contributed by atoms with E-state index >= 15 is 4.39 Å². The third-order valence-electron chi connectivity index (χ3n) is 8.22. The molecule has 1 aliphatic heterocycles. The number of pyridine rings is 1. The molecule has 2 aliphatic rings. The number of benzene rings is 1. The lowest BCUT2D eigenvalue weighted by Gasteiger charge is -2.30. The van der Waals surface area contributed by atoms with Crippen molar-refractivity contribution < 1.29 is 23.5 Å². The molecule has 2 amide bonds. The maximum Gasteiger partial charge on any atom is 0.410 e. The maximum absolute atomic E-state index is 15.4. The fourth-order valence-electron chi connectivity index (χ4n) is 5.82. The summed E-state index contributed by atoms with van der Waals surface area (Å²) >= 11 is 0. The standard InChI is InChI=1S/C34H36FN7O6/c1-20-9-12-28(36-16-20)42-31(44)24(17-41(32(42)45)22-7-5-6-8-22)29(43)39-21-10-11-27(25(35)15-21)47-30-23-13-14-40(18-26(23)37-19-38-30)33(46)48-34(2,3)4/h9-12,15-17,19,22H,5-8,13-14,18H2,1-4H3,(H,39,43). The average Bonchev–Trinajstić information content (AvgIpc) is 3.57. The fourth-order valence-corrected chi connectivity index (χ4v) is 5.82. The molecule has 1 saturated carbocycles. The number of amides is 2. The molecule has 4 aromatic rings. The molecule has 6 rings (SSSR count). The topological polar surface area (TPSA) is 151 Å². The van der Waals surface area contributed by atoms with Gasteiger partial charge in [0.15, 0.2) is 11.6 Å². The summed E-state index contributed by atoms with van der Waals surface area (Å²) in [6, 6.07) is 6.95. The Balaban J connectivity index is 1.23. The molecule has 4 heterocycles. The Morgan fingerprint density at radius 2 is 1.81 bits per heavy atom. The summed E-state index contributed by atoms with van der Waals surface area (Å²) in [5, 5.41) is 2.58. The Morgan fingerprint density at radius 3 is 2.50 bits per heavy atom. The highest BCUT2D eigenvalue weighted by atomic mass is 19.1. The highest BCUT2D eigenvalue weighted by molar-refractivity contribution is 6.03. The van der Waals surface area contributed by atoms with Gasteiger partial charge in [-0.15, -0.1) is 0 Å². The van der Waals surface area contributed by atoms with Crippen LogP contribution in [0.15, 0.2) is 58.6 Å². The van der Waals surface area contributed by atoms with E-state index in [9.17, 15) is 19.2 Å². The molecule has 14 heteroatoms. The lowest BCUT2D eigenvalue weighted by molar-refractivity contribution is 0.0219. The highest BCUT2D eigenvalue weighted by Gasteiger charge is 2.29. The smallest absolute Gasteiger partial charge is 0.410 e. The van der Waals surface area contributed by atoms with Crippen LogP contribution < -0.4 is 21.3 Å². The summed E-state index contributed by atoms with van der Waals surface area (Å²) in [6.07, 6.45) is 7.36. The van der Waals surface area contributed by atoms with Crippen LogP contribution in [-0.2, 0) is 17.7 Å². The van der Waals surface area contributed by atoms with E-state index in [2.05, 4.69) is 20.3 Å². The minimum Gasteiger partial charge on any atom is -0.444 e. The van der Waals surface area contributed by atoms with Crippen LogP contribution in [0.5, 0.6) is 11.6 Å². The number of halogens is 1. The number of aryl methyl sites for hydroxylation is 1.